The van der Waals surface area contributed by atoms with Crippen molar-refractivity contribution < 1.29 is 0 Å². The number of anilines is 1. The fourth-order valence-corrected chi connectivity index (χ4v) is 3.08. The van der Waals surface area contributed by atoms with Crippen LogP contribution in [-0.2, 0) is 13.0 Å². The molecule has 0 spiro atoms. The normalized spacial score (nSPS) is 14.2. The maximum Gasteiger partial charge on any atom is 0.256 e. The van der Waals surface area contributed by atoms with Crippen molar-refractivity contribution in [2.24, 2.45) is 0 Å². The first-order valence-corrected chi connectivity index (χ1v) is 7.81. The first kappa shape index (κ1) is 13.2. The lowest BCUT2D eigenvalue weighted by Gasteiger charge is -2.29. The van der Waals surface area contributed by atoms with Crippen LogP contribution in [0.25, 0.3) is 0 Å². The van der Waals surface area contributed by atoms with Gasteiger partial charge in [-0.05, 0) is 17.9 Å². The summed E-state index contributed by atoms with van der Waals surface area (Å²) in [5, 5.41) is 0.740. The van der Waals surface area contributed by atoms with E-state index in [1.54, 1.807) is 11.8 Å². The molecule has 0 amide bonds. The van der Waals surface area contributed by atoms with E-state index in [9.17, 15) is 4.79 Å². The van der Waals surface area contributed by atoms with Gasteiger partial charge in [0.15, 0.2) is 5.16 Å². The Morgan fingerprint density at radius 1 is 1.35 bits per heavy atom. The summed E-state index contributed by atoms with van der Waals surface area (Å²) in [6, 6.07) is 10.2. The Labute approximate surface area is 122 Å². The Morgan fingerprint density at radius 2 is 2.15 bits per heavy atom. The first-order chi connectivity index (χ1) is 9.78. The lowest BCUT2D eigenvalue weighted by atomic mass is 10.1. The van der Waals surface area contributed by atoms with E-state index in [0.717, 1.165) is 40.8 Å². The van der Waals surface area contributed by atoms with Gasteiger partial charge in [-0.1, -0.05) is 36.9 Å². The van der Waals surface area contributed by atoms with Gasteiger partial charge in [-0.25, -0.2) is 4.98 Å². The number of rotatable bonds is 3. The second-order valence-corrected chi connectivity index (χ2v) is 5.99. The molecule has 0 bridgehead atoms. The molecule has 1 N–H and O–H groups in total. The maximum atomic E-state index is 12.2. The third-order valence-corrected chi connectivity index (χ3v) is 4.20. The number of hydrogen-bond donors (Lipinski definition) is 1. The topological polar surface area (TPSA) is 49.0 Å². The Hall–Kier alpha value is -1.75. The highest BCUT2D eigenvalue weighted by atomic mass is 32.2. The van der Waals surface area contributed by atoms with Gasteiger partial charge in [0.25, 0.3) is 5.56 Å². The van der Waals surface area contributed by atoms with Gasteiger partial charge in [-0.15, -0.1) is 0 Å². The summed E-state index contributed by atoms with van der Waals surface area (Å²) >= 11 is 1.58. The first-order valence-electron chi connectivity index (χ1n) is 6.83. The van der Waals surface area contributed by atoms with Crippen LogP contribution in [0.15, 0.2) is 40.3 Å². The van der Waals surface area contributed by atoms with Crippen molar-refractivity contribution >= 4 is 17.4 Å². The quantitative estimate of drug-likeness (QED) is 0.696. The summed E-state index contributed by atoms with van der Waals surface area (Å²) < 4.78 is 0. The molecule has 4 nitrogen and oxygen atoms in total. The molecule has 0 fully saturated rings. The molecule has 1 aromatic carbocycles. The minimum atomic E-state index is 0.00609. The molecule has 3 rings (SSSR count). The van der Waals surface area contributed by atoms with Crippen LogP contribution < -0.4 is 10.5 Å². The highest BCUT2D eigenvalue weighted by molar-refractivity contribution is 7.99. The molecule has 0 aliphatic carbocycles. The number of aromatic amines is 1. The van der Waals surface area contributed by atoms with Gasteiger partial charge in [0.1, 0.15) is 0 Å². The minimum absolute atomic E-state index is 0.00609. The third kappa shape index (κ3) is 2.58. The van der Waals surface area contributed by atoms with Gasteiger partial charge < -0.3 is 9.88 Å². The third-order valence-electron chi connectivity index (χ3n) is 3.45. The molecule has 2 heterocycles. The van der Waals surface area contributed by atoms with Crippen LogP contribution >= 0.6 is 11.8 Å². The number of benzene rings is 1. The molecular formula is C15H17N3OS. The summed E-state index contributed by atoms with van der Waals surface area (Å²) in [6.07, 6.45) is 0.825. The van der Waals surface area contributed by atoms with E-state index >= 15 is 0 Å². The van der Waals surface area contributed by atoms with E-state index in [0.29, 0.717) is 6.54 Å². The summed E-state index contributed by atoms with van der Waals surface area (Å²) in [7, 11) is 0. The summed E-state index contributed by atoms with van der Waals surface area (Å²) in [5.74, 6) is 0.915. The molecule has 5 heteroatoms. The molecule has 2 aromatic rings. The molecule has 104 valence electrons. The summed E-state index contributed by atoms with van der Waals surface area (Å²) in [5.41, 5.74) is 2.92. The molecule has 0 saturated heterocycles. The number of nitrogens with one attached hydrogen (secondary N) is 1. The molecular weight excluding hydrogens is 270 g/mol. The van der Waals surface area contributed by atoms with Gasteiger partial charge in [-0.3, -0.25) is 4.79 Å². The van der Waals surface area contributed by atoms with E-state index in [1.165, 1.54) is 0 Å². The van der Waals surface area contributed by atoms with Gasteiger partial charge in [0, 0.05) is 18.7 Å². The molecule has 1 aliphatic heterocycles. The number of hydrogen-bond acceptors (Lipinski definition) is 4. The van der Waals surface area contributed by atoms with Crippen LogP contribution in [0, 0.1) is 0 Å². The molecule has 0 unspecified atom stereocenters. The number of fused-ring (bicyclic) bond motifs is 1. The molecule has 0 atom stereocenters. The largest absolute Gasteiger partial charge is 0.367 e. The minimum Gasteiger partial charge on any atom is -0.367 e. The smallest absolute Gasteiger partial charge is 0.256 e. The van der Waals surface area contributed by atoms with Crippen molar-refractivity contribution in [1.29, 1.82) is 0 Å². The fraction of sp³-hybridized carbons (Fsp3) is 0.333. The number of aromatic nitrogens is 2. The van der Waals surface area contributed by atoms with E-state index in [-0.39, 0.29) is 5.56 Å². The molecule has 1 aliphatic rings. The number of para-hydroxylation sites is 1. The van der Waals surface area contributed by atoms with Crippen molar-refractivity contribution in [1.82, 2.24) is 9.97 Å². The van der Waals surface area contributed by atoms with Crippen LogP contribution in [0.3, 0.4) is 0 Å². The number of H-pyrrole nitrogens is 1. The monoisotopic (exact) mass is 287 g/mol. The Balaban J connectivity index is 1.90. The van der Waals surface area contributed by atoms with Crippen LogP contribution in [0.5, 0.6) is 0 Å². The molecule has 0 saturated carbocycles. The van der Waals surface area contributed by atoms with Crippen LogP contribution in [-0.4, -0.2) is 22.3 Å². The van der Waals surface area contributed by atoms with Gasteiger partial charge >= 0.3 is 0 Å². The van der Waals surface area contributed by atoms with Crippen molar-refractivity contribution in [3.8, 4) is 0 Å². The van der Waals surface area contributed by atoms with E-state index in [4.69, 9.17) is 0 Å². The number of nitrogens with zero attached hydrogens (tertiary/aromatic N) is 2. The maximum absolute atomic E-state index is 12.2. The predicted molar refractivity (Wildman–Crippen MR) is 82.5 cm³/mol. The zero-order valence-electron chi connectivity index (χ0n) is 11.4. The van der Waals surface area contributed by atoms with E-state index in [1.807, 2.05) is 18.2 Å². The Morgan fingerprint density at radius 3 is 2.90 bits per heavy atom. The molecule has 1 aromatic heterocycles. The summed E-state index contributed by atoms with van der Waals surface area (Å²) in [6.45, 7) is 3.60. The summed E-state index contributed by atoms with van der Waals surface area (Å²) in [4.78, 5) is 21.9. The molecule has 20 heavy (non-hydrogen) atoms. The highest BCUT2D eigenvalue weighted by Gasteiger charge is 2.21. The van der Waals surface area contributed by atoms with Crippen molar-refractivity contribution in [2.75, 3.05) is 17.2 Å². The van der Waals surface area contributed by atoms with Crippen molar-refractivity contribution in [3.63, 3.8) is 0 Å². The average molecular weight is 287 g/mol. The second-order valence-electron chi connectivity index (χ2n) is 4.74. The van der Waals surface area contributed by atoms with E-state index < -0.39 is 0 Å². The zero-order chi connectivity index (χ0) is 13.9. The van der Waals surface area contributed by atoms with Gasteiger partial charge in [0.2, 0.25) is 0 Å². The fourth-order valence-electron chi connectivity index (χ4n) is 2.47. The lowest BCUT2D eigenvalue weighted by Crippen LogP contribution is -2.35. The Kier molecular flexibility index (Phi) is 3.78. The SMILES string of the molecule is CCSc1nc2c(c(=O)[nH]1)CN(c1ccccc1)CC2. The lowest BCUT2D eigenvalue weighted by molar-refractivity contribution is 0.679. The highest BCUT2D eigenvalue weighted by Crippen LogP contribution is 2.22. The zero-order valence-corrected chi connectivity index (χ0v) is 12.2. The standard InChI is InChI=1S/C15H17N3OS/c1-2-20-15-16-13-8-9-18(10-12(13)14(19)17-15)11-6-4-3-5-7-11/h3-7H,2,8-10H2,1H3,(H,16,17,19). The van der Waals surface area contributed by atoms with Gasteiger partial charge in [-0.2, -0.15) is 0 Å². The van der Waals surface area contributed by atoms with Crippen molar-refractivity contribution in [2.45, 2.75) is 25.0 Å². The predicted octanol–water partition coefficient (Wildman–Crippen LogP) is 2.44. The van der Waals surface area contributed by atoms with Crippen LogP contribution in [0.4, 0.5) is 5.69 Å². The average Bonchev–Trinajstić information content (AvgIpc) is 2.48. The number of thioether (sulfide) groups is 1. The van der Waals surface area contributed by atoms with Crippen LogP contribution in [0.2, 0.25) is 0 Å². The van der Waals surface area contributed by atoms with Crippen molar-refractivity contribution in [3.05, 3.63) is 51.9 Å². The van der Waals surface area contributed by atoms with Gasteiger partial charge in [0.05, 0.1) is 17.8 Å². The Bertz CT molecular complexity index is 654. The van der Waals surface area contributed by atoms with Crippen LogP contribution in [0.1, 0.15) is 18.2 Å². The molecule has 0 radical (unpaired) electrons. The second kappa shape index (κ2) is 5.71. The van der Waals surface area contributed by atoms with E-state index in [2.05, 4.69) is 33.9 Å².